The van der Waals surface area contributed by atoms with Crippen molar-refractivity contribution in [3.8, 4) is 6.01 Å². The molecule has 1 aromatic heterocycles. The SMILES string of the molecule is COc1ncc(C2CC(=O)Nc3c2ccc(N2CCCC2)c3C)cn1. The number of rotatable bonds is 3. The molecule has 25 heavy (non-hydrogen) atoms. The number of nitrogens with one attached hydrogen (secondary N) is 1. The Hall–Kier alpha value is -2.63. The summed E-state index contributed by atoms with van der Waals surface area (Å²) >= 11 is 0. The predicted molar refractivity (Wildman–Crippen MR) is 96.3 cm³/mol. The van der Waals surface area contributed by atoms with E-state index in [4.69, 9.17) is 4.74 Å². The molecule has 4 rings (SSSR count). The summed E-state index contributed by atoms with van der Waals surface area (Å²) in [4.78, 5) is 23.1. The van der Waals surface area contributed by atoms with Crippen molar-refractivity contribution in [2.24, 2.45) is 0 Å². The molecule has 1 saturated heterocycles. The molecular weight excluding hydrogens is 316 g/mol. The molecule has 1 unspecified atom stereocenters. The largest absolute Gasteiger partial charge is 0.467 e. The molecule has 130 valence electrons. The molecule has 1 amide bonds. The second-order valence-electron chi connectivity index (χ2n) is 6.68. The normalized spacial score (nSPS) is 19.5. The predicted octanol–water partition coefficient (Wildman–Crippen LogP) is 2.87. The molecular formula is C19H22N4O2. The Morgan fingerprint density at radius 2 is 1.92 bits per heavy atom. The lowest BCUT2D eigenvalue weighted by Crippen LogP contribution is -2.26. The van der Waals surface area contributed by atoms with Crippen LogP contribution in [-0.2, 0) is 4.79 Å². The minimum Gasteiger partial charge on any atom is -0.467 e. The Morgan fingerprint density at radius 3 is 2.60 bits per heavy atom. The first-order chi connectivity index (χ1) is 12.2. The zero-order chi connectivity index (χ0) is 17.4. The highest BCUT2D eigenvalue weighted by Crippen LogP contribution is 2.42. The number of ether oxygens (including phenoxy) is 1. The number of carbonyl (C=O) groups excluding carboxylic acids is 1. The van der Waals surface area contributed by atoms with E-state index in [0.29, 0.717) is 12.4 Å². The van der Waals surface area contributed by atoms with Gasteiger partial charge in [0.05, 0.1) is 7.11 Å². The van der Waals surface area contributed by atoms with Gasteiger partial charge in [-0.05, 0) is 42.5 Å². The summed E-state index contributed by atoms with van der Waals surface area (Å²) in [6.07, 6.45) is 6.37. The van der Waals surface area contributed by atoms with E-state index in [1.807, 2.05) is 0 Å². The second kappa shape index (κ2) is 6.35. The summed E-state index contributed by atoms with van der Waals surface area (Å²) in [5.41, 5.74) is 5.38. The molecule has 1 atom stereocenters. The summed E-state index contributed by atoms with van der Waals surface area (Å²) in [5.74, 6) is 0.0102. The van der Waals surface area contributed by atoms with Crippen molar-refractivity contribution in [1.29, 1.82) is 0 Å². The third kappa shape index (κ3) is 2.81. The third-order valence-corrected chi connectivity index (χ3v) is 5.18. The molecule has 1 fully saturated rings. The van der Waals surface area contributed by atoms with Crippen LogP contribution in [0.25, 0.3) is 0 Å². The Bertz CT molecular complexity index is 798. The number of anilines is 2. The van der Waals surface area contributed by atoms with Crippen LogP contribution in [0.4, 0.5) is 11.4 Å². The molecule has 2 aliphatic heterocycles. The molecule has 0 saturated carbocycles. The van der Waals surface area contributed by atoms with E-state index < -0.39 is 0 Å². The maximum absolute atomic E-state index is 12.3. The van der Waals surface area contributed by atoms with Crippen LogP contribution in [0.5, 0.6) is 6.01 Å². The van der Waals surface area contributed by atoms with Crippen LogP contribution in [0.2, 0.25) is 0 Å². The summed E-state index contributed by atoms with van der Waals surface area (Å²) in [6.45, 7) is 4.27. The van der Waals surface area contributed by atoms with Gasteiger partial charge in [-0.25, -0.2) is 9.97 Å². The van der Waals surface area contributed by atoms with Gasteiger partial charge in [0.15, 0.2) is 0 Å². The second-order valence-corrected chi connectivity index (χ2v) is 6.68. The number of hydrogen-bond donors (Lipinski definition) is 1. The number of hydrogen-bond acceptors (Lipinski definition) is 5. The first-order valence-corrected chi connectivity index (χ1v) is 8.71. The quantitative estimate of drug-likeness (QED) is 0.932. The first kappa shape index (κ1) is 15.9. The maximum atomic E-state index is 12.3. The Labute approximate surface area is 147 Å². The van der Waals surface area contributed by atoms with Crippen molar-refractivity contribution in [1.82, 2.24) is 9.97 Å². The van der Waals surface area contributed by atoms with Gasteiger partial charge in [-0.15, -0.1) is 0 Å². The van der Waals surface area contributed by atoms with E-state index in [2.05, 4.69) is 39.2 Å². The van der Waals surface area contributed by atoms with Gasteiger partial charge in [0.1, 0.15) is 0 Å². The standard InChI is InChI=1S/C19H22N4O2/c1-12-16(23-7-3-4-8-23)6-5-14-15(9-17(24)22-18(12)14)13-10-20-19(25-2)21-11-13/h5-6,10-11,15H,3-4,7-9H2,1-2H3,(H,22,24). The molecule has 1 aromatic carbocycles. The minimum atomic E-state index is -0.0269. The fraction of sp³-hybridized carbons (Fsp3) is 0.421. The van der Waals surface area contributed by atoms with Gasteiger partial charge >= 0.3 is 6.01 Å². The van der Waals surface area contributed by atoms with Gasteiger partial charge in [0, 0.05) is 49.2 Å². The number of nitrogens with zero attached hydrogens (tertiary/aromatic N) is 3. The van der Waals surface area contributed by atoms with Gasteiger partial charge in [-0.1, -0.05) is 6.07 Å². The van der Waals surface area contributed by atoms with Gasteiger partial charge in [-0.3, -0.25) is 4.79 Å². The molecule has 1 N–H and O–H groups in total. The smallest absolute Gasteiger partial charge is 0.316 e. The van der Waals surface area contributed by atoms with E-state index in [-0.39, 0.29) is 11.8 Å². The van der Waals surface area contributed by atoms with Crippen LogP contribution in [0.15, 0.2) is 24.5 Å². The highest BCUT2D eigenvalue weighted by molar-refractivity contribution is 5.97. The first-order valence-electron chi connectivity index (χ1n) is 8.71. The van der Waals surface area contributed by atoms with E-state index in [0.717, 1.165) is 35.5 Å². The highest BCUT2D eigenvalue weighted by atomic mass is 16.5. The van der Waals surface area contributed by atoms with Crippen LogP contribution >= 0.6 is 0 Å². The summed E-state index contributed by atoms with van der Waals surface area (Å²) in [5, 5.41) is 3.08. The van der Waals surface area contributed by atoms with Gasteiger partial charge < -0.3 is 15.0 Å². The fourth-order valence-electron chi connectivity index (χ4n) is 3.87. The van der Waals surface area contributed by atoms with Crippen molar-refractivity contribution < 1.29 is 9.53 Å². The minimum absolute atomic E-state index is 0.0269. The maximum Gasteiger partial charge on any atom is 0.316 e. The van der Waals surface area contributed by atoms with E-state index >= 15 is 0 Å². The molecule has 0 aliphatic carbocycles. The lowest BCUT2D eigenvalue weighted by Gasteiger charge is -2.30. The van der Waals surface area contributed by atoms with E-state index in [1.165, 1.54) is 18.5 Å². The lowest BCUT2D eigenvalue weighted by molar-refractivity contribution is -0.116. The van der Waals surface area contributed by atoms with Crippen molar-refractivity contribution in [2.75, 3.05) is 30.4 Å². The molecule has 3 heterocycles. The number of aromatic nitrogens is 2. The zero-order valence-corrected chi connectivity index (χ0v) is 14.6. The van der Waals surface area contributed by atoms with E-state index in [9.17, 15) is 4.79 Å². The number of benzene rings is 1. The summed E-state index contributed by atoms with van der Waals surface area (Å²) < 4.78 is 5.03. The summed E-state index contributed by atoms with van der Waals surface area (Å²) in [6, 6.07) is 4.67. The van der Waals surface area contributed by atoms with Crippen molar-refractivity contribution >= 4 is 17.3 Å². The van der Waals surface area contributed by atoms with Crippen LogP contribution < -0.4 is 15.0 Å². The van der Waals surface area contributed by atoms with Gasteiger partial charge in [0.2, 0.25) is 5.91 Å². The van der Waals surface area contributed by atoms with Crippen molar-refractivity contribution in [3.05, 3.63) is 41.2 Å². The molecule has 6 nitrogen and oxygen atoms in total. The average Bonchev–Trinajstić information content (AvgIpc) is 3.16. The topological polar surface area (TPSA) is 67.3 Å². The number of amides is 1. The summed E-state index contributed by atoms with van der Waals surface area (Å²) in [7, 11) is 1.54. The Kier molecular flexibility index (Phi) is 4.03. The fourth-order valence-corrected chi connectivity index (χ4v) is 3.87. The molecule has 2 aromatic rings. The highest BCUT2D eigenvalue weighted by Gasteiger charge is 2.30. The Balaban J connectivity index is 1.75. The lowest BCUT2D eigenvalue weighted by atomic mass is 9.84. The Morgan fingerprint density at radius 1 is 1.20 bits per heavy atom. The molecule has 2 aliphatic rings. The zero-order valence-electron chi connectivity index (χ0n) is 14.6. The molecule has 0 radical (unpaired) electrons. The van der Waals surface area contributed by atoms with Crippen molar-refractivity contribution in [2.45, 2.75) is 32.1 Å². The van der Waals surface area contributed by atoms with Crippen molar-refractivity contribution in [3.63, 3.8) is 0 Å². The van der Waals surface area contributed by atoms with Crippen LogP contribution in [0.1, 0.15) is 41.9 Å². The monoisotopic (exact) mass is 338 g/mol. The van der Waals surface area contributed by atoms with Gasteiger partial charge in [0.25, 0.3) is 0 Å². The van der Waals surface area contributed by atoms with Crippen LogP contribution in [-0.4, -0.2) is 36.1 Å². The number of carbonyl (C=O) groups is 1. The van der Waals surface area contributed by atoms with Crippen LogP contribution in [0, 0.1) is 6.92 Å². The van der Waals surface area contributed by atoms with Gasteiger partial charge in [-0.2, -0.15) is 0 Å². The molecule has 0 bridgehead atoms. The molecule has 0 spiro atoms. The third-order valence-electron chi connectivity index (χ3n) is 5.18. The number of fused-ring (bicyclic) bond motifs is 1. The van der Waals surface area contributed by atoms with Crippen LogP contribution in [0.3, 0.4) is 0 Å². The average molecular weight is 338 g/mol. The van der Waals surface area contributed by atoms with E-state index in [1.54, 1.807) is 19.5 Å². The number of methoxy groups -OCH3 is 1. The molecule has 6 heteroatoms.